The molecule has 1 aliphatic heterocycles. The number of nitrogens with zero attached hydrogens (tertiary/aromatic N) is 3. The molecule has 27 heavy (non-hydrogen) atoms. The fraction of sp³-hybridized carbons (Fsp3) is 0.250. The summed E-state index contributed by atoms with van der Waals surface area (Å²) < 4.78 is 0. The predicted molar refractivity (Wildman–Crippen MR) is 116 cm³/mol. The molecule has 138 valence electrons. The number of rotatable bonds is 8. The van der Waals surface area contributed by atoms with Crippen molar-refractivity contribution >= 4 is 18.1 Å². The smallest absolute Gasteiger partial charge is 0.0864 e. The van der Waals surface area contributed by atoms with Crippen LogP contribution in [0.25, 0.3) is 5.70 Å². The van der Waals surface area contributed by atoms with Gasteiger partial charge in [0.15, 0.2) is 0 Å². The van der Waals surface area contributed by atoms with Crippen LogP contribution >= 0.6 is 0 Å². The molecule has 0 bridgehead atoms. The summed E-state index contributed by atoms with van der Waals surface area (Å²) >= 11 is 0. The molecule has 3 rings (SSSR count). The van der Waals surface area contributed by atoms with Crippen molar-refractivity contribution in [1.82, 2.24) is 4.90 Å². The van der Waals surface area contributed by atoms with Crippen molar-refractivity contribution < 1.29 is 0 Å². The van der Waals surface area contributed by atoms with E-state index in [1.807, 2.05) is 6.07 Å². The highest BCUT2D eigenvalue weighted by Crippen LogP contribution is 2.24. The molecule has 1 aliphatic rings. The topological polar surface area (TPSA) is 28.0 Å². The standard InChI is InChI=1S/C24H27N3/c1-4-9-20-12-8-13-22(14-20)24-18-27(19(2)16-25-3)17-23(26-24)15-21-10-6-5-7-11-21/h5-8,10-14,18H,2-4,9,15-17H2,1H3. The van der Waals surface area contributed by atoms with Gasteiger partial charge in [0.2, 0.25) is 0 Å². The highest BCUT2D eigenvalue weighted by Gasteiger charge is 2.17. The Morgan fingerprint density at radius 1 is 1.11 bits per heavy atom. The molecular weight excluding hydrogens is 330 g/mol. The summed E-state index contributed by atoms with van der Waals surface area (Å²) in [6, 6.07) is 19.2. The Hall–Kier alpha value is -2.94. The lowest BCUT2D eigenvalue weighted by Gasteiger charge is -2.27. The zero-order valence-corrected chi connectivity index (χ0v) is 16.1. The Morgan fingerprint density at radius 3 is 2.63 bits per heavy atom. The van der Waals surface area contributed by atoms with Gasteiger partial charge in [-0.3, -0.25) is 9.98 Å². The zero-order chi connectivity index (χ0) is 19.1. The third-order valence-corrected chi connectivity index (χ3v) is 4.62. The predicted octanol–water partition coefficient (Wildman–Crippen LogP) is 5.15. The summed E-state index contributed by atoms with van der Waals surface area (Å²) in [5.41, 5.74) is 6.81. The Kier molecular flexibility index (Phi) is 6.37. The minimum atomic E-state index is 0.526. The number of benzene rings is 2. The molecule has 0 radical (unpaired) electrons. The molecule has 2 aromatic carbocycles. The van der Waals surface area contributed by atoms with Gasteiger partial charge in [0.05, 0.1) is 18.8 Å². The second-order valence-electron chi connectivity index (χ2n) is 6.88. The highest BCUT2D eigenvalue weighted by atomic mass is 15.2. The Morgan fingerprint density at radius 2 is 1.89 bits per heavy atom. The first-order chi connectivity index (χ1) is 13.2. The van der Waals surface area contributed by atoms with Crippen LogP contribution in [0, 0.1) is 0 Å². The van der Waals surface area contributed by atoms with E-state index in [1.54, 1.807) is 0 Å². The largest absolute Gasteiger partial charge is 0.342 e. The van der Waals surface area contributed by atoms with Gasteiger partial charge in [0.25, 0.3) is 0 Å². The van der Waals surface area contributed by atoms with Gasteiger partial charge >= 0.3 is 0 Å². The molecule has 3 heteroatoms. The molecular formula is C24H27N3. The van der Waals surface area contributed by atoms with Crippen molar-refractivity contribution in [3.05, 3.63) is 89.8 Å². The molecule has 3 nitrogen and oxygen atoms in total. The van der Waals surface area contributed by atoms with Crippen LogP contribution in [-0.2, 0) is 12.8 Å². The van der Waals surface area contributed by atoms with E-state index in [0.717, 1.165) is 48.5 Å². The van der Waals surface area contributed by atoms with E-state index >= 15 is 0 Å². The number of aryl methyl sites for hydroxylation is 1. The first-order valence-electron chi connectivity index (χ1n) is 9.48. The third-order valence-electron chi connectivity index (χ3n) is 4.62. The monoisotopic (exact) mass is 357 g/mol. The average molecular weight is 358 g/mol. The van der Waals surface area contributed by atoms with E-state index in [1.165, 1.54) is 11.1 Å². The lowest BCUT2D eigenvalue weighted by atomic mass is 10.0. The van der Waals surface area contributed by atoms with Gasteiger partial charge in [-0.2, -0.15) is 0 Å². The molecule has 0 fully saturated rings. The van der Waals surface area contributed by atoms with E-state index in [4.69, 9.17) is 4.99 Å². The lowest BCUT2D eigenvalue weighted by Crippen LogP contribution is -2.29. The molecule has 0 saturated heterocycles. The molecule has 0 atom stereocenters. The van der Waals surface area contributed by atoms with Crippen LogP contribution in [-0.4, -0.2) is 30.4 Å². The quantitative estimate of drug-likeness (QED) is 0.600. The number of aliphatic imine (C=N–C) groups is 2. The van der Waals surface area contributed by atoms with Crippen LogP contribution < -0.4 is 0 Å². The van der Waals surface area contributed by atoms with Crippen LogP contribution in [0.15, 0.2) is 83.1 Å². The average Bonchev–Trinajstić information content (AvgIpc) is 2.69. The fourth-order valence-corrected chi connectivity index (χ4v) is 3.29. The molecule has 0 N–H and O–H groups in total. The van der Waals surface area contributed by atoms with Crippen molar-refractivity contribution in [2.24, 2.45) is 9.98 Å². The van der Waals surface area contributed by atoms with E-state index in [9.17, 15) is 0 Å². The maximum absolute atomic E-state index is 4.99. The Balaban J connectivity index is 1.92. The van der Waals surface area contributed by atoms with Gasteiger partial charge in [0.1, 0.15) is 0 Å². The maximum atomic E-state index is 4.99. The maximum Gasteiger partial charge on any atom is 0.0864 e. The fourth-order valence-electron chi connectivity index (χ4n) is 3.29. The van der Waals surface area contributed by atoms with E-state index in [2.05, 4.69) is 84.8 Å². The van der Waals surface area contributed by atoms with Crippen LogP contribution in [0.4, 0.5) is 0 Å². The molecule has 0 aliphatic carbocycles. The van der Waals surface area contributed by atoms with Gasteiger partial charge in [-0.25, -0.2) is 0 Å². The van der Waals surface area contributed by atoms with Gasteiger partial charge < -0.3 is 4.90 Å². The summed E-state index contributed by atoms with van der Waals surface area (Å²) in [7, 11) is 0. The van der Waals surface area contributed by atoms with Crippen molar-refractivity contribution in [3.8, 4) is 0 Å². The molecule has 2 aromatic rings. The molecule has 0 aromatic heterocycles. The molecule has 0 unspecified atom stereocenters. The minimum Gasteiger partial charge on any atom is -0.342 e. The van der Waals surface area contributed by atoms with Crippen molar-refractivity contribution in [1.29, 1.82) is 0 Å². The molecule has 0 amide bonds. The number of hydrogen-bond acceptors (Lipinski definition) is 3. The normalized spacial score (nSPS) is 13.7. The summed E-state index contributed by atoms with van der Waals surface area (Å²) in [5, 5.41) is 0. The van der Waals surface area contributed by atoms with Crippen molar-refractivity contribution in [2.45, 2.75) is 26.2 Å². The van der Waals surface area contributed by atoms with Crippen molar-refractivity contribution in [3.63, 3.8) is 0 Å². The highest BCUT2D eigenvalue weighted by molar-refractivity contribution is 5.94. The van der Waals surface area contributed by atoms with Crippen molar-refractivity contribution in [2.75, 3.05) is 13.1 Å². The van der Waals surface area contributed by atoms with Crippen LogP contribution in [0.5, 0.6) is 0 Å². The Bertz CT molecular complexity index is 862. The van der Waals surface area contributed by atoms with Gasteiger partial charge in [-0.15, -0.1) is 0 Å². The Labute approximate surface area is 162 Å². The lowest BCUT2D eigenvalue weighted by molar-refractivity contribution is 0.517. The van der Waals surface area contributed by atoms with Gasteiger partial charge in [0, 0.05) is 29.6 Å². The molecule has 0 spiro atoms. The van der Waals surface area contributed by atoms with Crippen LogP contribution in [0.1, 0.15) is 30.0 Å². The summed E-state index contributed by atoms with van der Waals surface area (Å²) in [6.07, 6.45) is 5.14. The SMILES string of the molecule is C=NCC(=C)N1C=C(c2cccc(CCC)c2)N=C(Cc2ccccc2)C1. The van der Waals surface area contributed by atoms with Gasteiger partial charge in [-0.05, 0) is 30.3 Å². The summed E-state index contributed by atoms with van der Waals surface area (Å²) in [6.45, 7) is 11.2. The first kappa shape index (κ1) is 18.8. The van der Waals surface area contributed by atoms with E-state index in [0.29, 0.717) is 6.54 Å². The van der Waals surface area contributed by atoms with Gasteiger partial charge in [-0.1, -0.05) is 68.5 Å². The van der Waals surface area contributed by atoms with E-state index < -0.39 is 0 Å². The molecule has 0 saturated carbocycles. The van der Waals surface area contributed by atoms with E-state index in [-0.39, 0.29) is 0 Å². The van der Waals surface area contributed by atoms with Crippen LogP contribution in [0.2, 0.25) is 0 Å². The number of hydrogen-bond donors (Lipinski definition) is 0. The minimum absolute atomic E-state index is 0.526. The second kappa shape index (κ2) is 9.13. The summed E-state index contributed by atoms with van der Waals surface area (Å²) in [5.74, 6) is 0. The third kappa shape index (κ3) is 5.04. The second-order valence-corrected chi connectivity index (χ2v) is 6.88. The first-order valence-corrected chi connectivity index (χ1v) is 9.48. The zero-order valence-electron chi connectivity index (χ0n) is 16.1. The molecule has 1 heterocycles. The summed E-state index contributed by atoms with van der Waals surface area (Å²) in [4.78, 5) is 11.1. The van der Waals surface area contributed by atoms with Crippen LogP contribution in [0.3, 0.4) is 0 Å².